The minimum Gasteiger partial charge on any atom is -0.464 e. The van der Waals surface area contributed by atoms with Crippen LogP contribution in [0.25, 0.3) is 11.0 Å². The smallest absolute Gasteiger partial charge is 0.228 e. The lowest BCUT2D eigenvalue weighted by Gasteiger charge is -2.12. The molecule has 0 unspecified atom stereocenters. The molecule has 2 aromatic heterocycles. The molecule has 5 nitrogen and oxygen atoms in total. The SMILES string of the molecule is Cc1cc2occ(CC(=O)Nc3ccccc3Cn3cccn3)c2cc1C(C)C. The molecule has 0 aliphatic carbocycles. The fraction of sp³-hybridized carbons (Fsp3) is 0.250. The predicted octanol–water partition coefficient (Wildman–Crippen LogP) is 5.29. The van der Waals surface area contributed by atoms with E-state index in [1.807, 2.05) is 41.2 Å². The summed E-state index contributed by atoms with van der Waals surface area (Å²) in [6.45, 7) is 7.06. The molecule has 0 saturated heterocycles. The first-order valence-corrected chi connectivity index (χ1v) is 9.87. The third-order valence-electron chi connectivity index (χ3n) is 5.20. The molecule has 2 heterocycles. The van der Waals surface area contributed by atoms with Gasteiger partial charge in [0, 0.05) is 29.0 Å². The van der Waals surface area contributed by atoms with Crippen LogP contribution in [0, 0.1) is 6.92 Å². The van der Waals surface area contributed by atoms with Crippen molar-refractivity contribution < 1.29 is 9.21 Å². The molecule has 0 atom stereocenters. The van der Waals surface area contributed by atoms with Crippen molar-refractivity contribution >= 4 is 22.6 Å². The number of carbonyl (C=O) groups excluding carboxylic acids is 1. The number of amides is 1. The van der Waals surface area contributed by atoms with Crippen LogP contribution in [0.4, 0.5) is 5.69 Å². The number of aryl methyl sites for hydroxylation is 1. The van der Waals surface area contributed by atoms with Gasteiger partial charge >= 0.3 is 0 Å². The normalized spacial score (nSPS) is 11.3. The van der Waals surface area contributed by atoms with E-state index in [4.69, 9.17) is 4.42 Å². The molecule has 4 rings (SSSR count). The highest BCUT2D eigenvalue weighted by Crippen LogP contribution is 2.29. The van der Waals surface area contributed by atoms with E-state index in [1.165, 1.54) is 11.1 Å². The molecule has 0 radical (unpaired) electrons. The summed E-state index contributed by atoms with van der Waals surface area (Å²) in [5.74, 6) is 0.359. The Balaban J connectivity index is 1.54. The summed E-state index contributed by atoms with van der Waals surface area (Å²) in [7, 11) is 0. The summed E-state index contributed by atoms with van der Waals surface area (Å²) in [5, 5.41) is 8.31. The number of anilines is 1. The molecule has 0 spiro atoms. The zero-order valence-corrected chi connectivity index (χ0v) is 17.0. The number of hydrogen-bond donors (Lipinski definition) is 1. The van der Waals surface area contributed by atoms with Crippen molar-refractivity contribution in [2.24, 2.45) is 0 Å². The lowest BCUT2D eigenvalue weighted by Crippen LogP contribution is -2.16. The highest BCUT2D eigenvalue weighted by atomic mass is 16.3. The predicted molar refractivity (Wildman–Crippen MR) is 115 cm³/mol. The lowest BCUT2D eigenvalue weighted by atomic mass is 9.95. The van der Waals surface area contributed by atoms with Crippen LogP contribution in [0.3, 0.4) is 0 Å². The Hall–Kier alpha value is -3.34. The van der Waals surface area contributed by atoms with Gasteiger partial charge in [-0.1, -0.05) is 32.0 Å². The zero-order chi connectivity index (χ0) is 20.4. The maximum Gasteiger partial charge on any atom is 0.228 e. The molecule has 148 valence electrons. The van der Waals surface area contributed by atoms with Crippen molar-refractivity contribution in [2.75, 3.05) is 5.32 Å². The van der Waals surface area contributed by atoms with Crippen molar-refractivity contribution in [3.8, 4) is 0 Å². The summed E-state index contributed by atoms with van der Waals surface area (Å²) in [5.41, 5.74) is 6.05. The van der Waals surface area contributed by atoms with E-state index in [9.17, 15) is 4.79 Å². The van der Waals surface area contributed by atoms with Gasteiger partial charge in [-0.15, -0.1) is 0 Å². The molecular formula is C24H25N3O2. The Morgan fingerprint density at radius 1 is 1.17 bits per heavy atom. The van der Waals surface area contributed by atoms with Crippen LogP contribution in [0.1, 0.15) is 42.0 Å². The van der Waals surface area contributed by atoms with Crippen LogP contribution >= 0.6 is 0 Å². The Labute approximate surface area is 170 Å². The average Bonchev–Trinajstić information content (AvgIpc) is 3.32. The summed E-state index contributed by atoms with van der Waals surface area (Å²) in [6, 6.07) is 13.9. The second-order valence-electron chi connectivity index (χ2n) is 7.71. The number of benzene rings is 2. The van der Waals surface area contributed by atoms with E-state index in [-0.39, 0.29) is 12.3 Å². The molecule has 0 fully saturated rings. The van der Waals surface area contributed by atoms with E-state index in [0.29, 0.717) is 12.5 Å². The monoisotopic (exact) mass is 387 g/mol. The number of fused-ring (bicyclic) bond motifs is 1. The maximum atomic E-state index is 12.8. The van der Waals surface area contributed by atoms with Gasteiger partial charge in [0.1, 0.15) is 5.58 Å². The molecule has 0 aliphatic rings. The van der Waals surface area contributed by atoms with Gasteiger partial charge in [-0.2, -0.15) is 5.10 Å². The Morgan fingerprint density at radius 2 is 2.00 bits per heavy atom. The van der Waals surface area contributed by atoms with Gasteiger partial charge in [-0.05, 0) is 53.8 Å². The summed E-state index contributed by atoms with van der Waals surface area (Å²) in [6.07, 6.45) is 5.62. The Morgan fingerprint density at radius 3 is 2.76 bits per heavy atom. The molecule has 0 saturated carbocycles. The van der Waals surface area contributed by atoms with Crippen LogP contribution in [0.15, 0.2) is 65.5 Å². The molecule has 1 N–H and O–H groups in total. The zero-order valence-electron chi connectivity index (χ0n) is 17.0. The molecular weight excluding hydrogens is 362 g/mol. The molecule has 2 aromatic carbocycles. The number of para-hydroxylation sites is 1. The number of aromatic nitrogens is 2. The van der Waals surface area contributed by atoms with Gasteiger partial charge in [0.15, 0.2) is 0 Å². The number of rotatable bonds is 6. The third-order valence-corrected chi connectivity index (χ3v) is 5.20. The number of carbonyl (C=O) groups is 1. The quantitative estimate of drug-likeness (QED) is 0.489. The van der Waals surface area contributed by atoms with Crippen LogP contribution in [-0.4, -0.2) is 15.7 Å². The van der Waals surface area contributed by atoms with E-state index in [2.05, 4.69) is 43.3 Å². The minimum atomic E-state index is -0.0627. The van der Waals surface area contributed by atoms with Gasteiger partial charge in [-0.3, -0.25) is 9.48 Å². The van der Waals surface area contributed by atoms with Crippen molar-refractivity contribution in [2.45, 2.75) is 39.7 Å². The number of nitrogens with zero attached hydrogens (tertiary/aromatic N) is 2. The number of hydrogen-bond acceptors (Lipinski definition) is 3. The van der Waals surface area contributed by atoms with E-state index < -0.39 is 0 Å². The fourth-order valence-electron chi connectivity index (χ4n) is 3.72. The highest BCUT2D eigenvalue weighted by Gasteiger charge is 2.15. The molecule has 29 heavy (non-hydrogen) atoms. The molecule has 0 bridgehead atoms. The van der Waals surface area contributed by atoms with Crippen LogP contribution in [-0.2, 0) is 17.8 Å². The van der Waals surface area contributed by atoms with Crippen molar-refractivity contribution in [3.63, 3.8) is 0 Å². The first-order chi connectivity index (χ1) is 14.0. The fourth-order valence-corrected chi connectivity index (χ4v) is 3.72. The van der Waals surface area contributed by atoms with Crippen molar-refractivity contribution in [1.82, 2.24) is 9.78 Å². The van der Waals surface area contributed by atoms with Gasteiger partial charge in [-0.25, -0.2) is 0 Å². The van der Waals surface area contributed by atoms with Crippen LogP contribution in [0.2, 0.25) is 0 Å². The Bertz CT molecular complexity index is 1140. The van der Waals surface area contributed by atoms with Gasteiger partial charge < -0.3 is 9.73 Å². The lowest BCUT2D eigenvalue weighted by molar-refractivity contribution is -0.115. The van der Waals surface area contributed by atoms with Crippen LogP contribution in [0.5, 0.6) is 0 Å². The number of furan rings is 1. The summed E-state index contributed by atoms with van der Waals surface area (Å²) in [4.78, 5) is 12.8. The highest BCUT2D eigenvalue weighted by molar-refractivity contribution is 5.96. The van der Waals surface area contributed by atoms with Crippen molar-refractivity contribution in [3.05, 3.63) is 83.4 Å². The van der Waals surface area contributed by atoms with Gasteiger partial charge in [0.2, 0.25) is 5.91 Å². The second kappa shape index (κ2) is 7.95. The largest absolute Gasteiger partial charge is 0.464 e. The maximum absolute atomic E-state index is 12.8. The molecule has 1 amide bonds. The molecule has 5 heteroatoms. The molecule has 4 aromatic rings. The second-order valence-corrected chi connectivity index (χ2v) is 7.71. The number of nitrogens with one attached hydrogen (secondary N) is 1. The molecule has 0 aliphatic heterocycles. The summed E-state index contributed by atoms with van der Waals surface area (Å²) >= 11 is 0. The third kappa shape index (κ3) is 4.09. The van der Waals surface area contributed by atoms with Crippen LogP contribution < -0.4 is 5.32 Å². The standard InChI is InChI=1S/C24H25N3O2/c1-16(2)20-13-21-19(15-29-23(21)11-17(20)3)12-24(28)26-22-8-5-4-7-18(22)14-27-10-6-9-25-27/h4-11,13,15-16H,12,14H2,1-3H3,(H,26,28). The van der Waals surface area contributed by atoms with Gasteiger partial charge in [0.25, 0.3) is 0 Å². The average molecular weight is 387 g/mol. The van der Waals surface area contributed by atoms with E-state index in [1.54, 1.807) is 12.5 Å². The minimum absolute atomic E-state index is 0.0627. The van der Waals surface area contributed by atoms with Gasteiger partial charge in [0.05, 0.1) is 19.2 Å². The topological polar surface area (TPSA) is 60.1 Å². The Kier molecular flexibility index (Phi) is 5.21. The van der Waals surface area contributed by atoms with E-state index >= 15 is 0 Å². The van der Waals surface area contributed by atoms with E-state index in [0.717, 1.165) is 27.8 Å². The summed E-state index contributed by atoms with van der Waals surface area (Å²) < 4.78 is 7.56. The first-order valence-electron chi connectivity index (χ1n) is 9.87. The van der Waals surface area contributed by atoms with Crippen molar-refractivity contribution in [1.29, 1.82) is 0 Å². The first kappa shape index (κ1) is 19.0.